The molecule has 2 aromatic rings. The Bertz CT molecular complexity index is 1640. The largest absolute Gasteiger partial charge is 0.366 e. The van der Waals surface area contributed by atoms with Gasteiger partial charge in [0.1, 0.15) is 5.82 Å². The van der Waals surface area contributed by atoms with Gasteiger partial charge in [-0.3, -0.25) is 29.0 Å². The number of primary amides is 1. The summed E-state index contributed by atoms with van der Waals surface area (Å²) in [5.74, 6) is -0.649. The van der Waals surface area contributed by atoms with Gasteiger partial charge in [-0.15, -0.1) is 0 Å². The predicted octanol–water partition coefficient (Wildman–Crippen LogP) is 3.61. The molecule has 4 amide bonds. The van der Waals surface area contributed by atoms with Crippen LogP contribution in [0.3, 0.4) is 0 Å². The highest BCUT2D eigenvalue weighted by atomic mass is 19.1. The normalized spacial score (nSPS) is 19.7. The van der Waals surface area contributed by atoms with E-state index in [9.17, 15) is 23.6 Å². The number of likely N-dealkylation sites (tertiary alicyclic amines) is 1. The lowest BCUT2D eigenvalue weighted by Gasteiger charge is -2.40. The molecule has 6 rings (SSSR count). The van der Waals surface area contributed by atoms with Crippen LogP contribution in [0, 0.1) is 23.1 Å². The monoisotopic (exact) mass is 760 g/mol. The number of nitrogens with zero attached hydrogens (tertiary/aromatic N) is 5. The van der Waals surface area contributed by atoms with Gasteiger partial charge in [0.15, 0.2) is 0 Å². The molecule has 13 heteroatoms. The second-order valence-corrected chi connectivity index (χ2v) is 15.3. The number of carbonyl (C=O) groups is 4. The van der Waals surface area contributed by atoms with Gasteiger partial charge in [-0.25, -0.2) is 4.39 Å². The topological polar surface area (TPSA) is 160 Å². The van der Waals surface area contributed by atoms with Crippen LogP contribution in [0.15, 0.2) is 42.5 Å². The molecule has 0 spiro atoms. The van der Waals surface area contributed by atoms with E-state index in [-0.39, 0.29) is 41.1 Å². The standard InChI is InChI=1S/C40H55FN8O4.C2H6/c41-34-11-10-29(25-35(42)31-8-4-5-9-32(31)38(44)51)24-33(34)39(52)48-22-20-47(21-23-48)36(50)27-45-14-12-28(13-15-45)26-46-16-18-49(19-17-46)40(53)37(43)30-6-2-1-3-7-30;1-2/h4-5,8-11,24,28,30,37,42H,1-3,6-7,12-23,25-27,43H2,(H2,44,51);1-2H3. The number of benzene rings is 2. The third-order valence-corrected chi connectivity index (χ3v) is 11.8. The maximum atomic E-state index is 14.9. The highest BCUT2D eigenvalue weighted by molar-refractivity contribution is 6.09. The van der Waals surface area contributed by atoms with E-state index < -0.39 is 17.6 Å². The summed E-state index contributed by atoms with van der Waals surface area (Å²) in [5.41, 5.74) is 13.2. The first kappa shape index (κ1) is 42.0. The van der Waals surface area contributed by atoms with E-state index in [4.69, 9.17) is 16.9 Å². The summed E-state index contributed by atoms with van der Waals surface area (Å²) in [5, 5.41) is 8.55. The summed E-state index contributed by atoms with van der Waals surface area (Å²) in [6.07, 6.45) is 7.92. The number of piperazine rings is 2. The van der Waals surface area contributed by atoms with Gasteiger partial charge in [-0.2, -0.15) is 0 Å². The number of piperidine rings is 1. The second kappa shape index (κ2) is 20.1. The molecule has 1 saturated carbocycles. The van der Waals surface area contributed by atoms with Crippen LogP contribution in [-0.4, -0.2) is 138 Å². The minimum absolute atomic E-state index is 0.0469. The third kappa shape index (κ3) is 11.0. The fraction of sp³-hybridized carbons (Fsp3) is 0.595. The Morgan fingerprint density at radius 2 is 1.35 bits per heavy atom. The smallest absolute Gasteiger partial charge is 0.256 e. The van der Waals surface area contributed by atoms with Crippen LogP contribution in [0.25, 0.3) is 0 Å². The van der Waals surface area contributed by atoms with Crippen molar-refractivity contribution in [2.24, 2.45) is 23.3 Å². The first-order valence-electron chi connectivity index (χ1n) is 20.4. The zero-order valence-corrected chi connectivity index (χ0v) is 32.8. The molecule has 0 bridgehead atoms. The van der Waals surface area contributed by atoms with E-state index in [0.29, 0.717) is 55.7 Å². The molecule has 4 aliphatic rings. The summed E-state index contributed by atoms with van der Waals surface area (Å²) in [7, 11) is 0. The van der Waals surface area contributed by atoms with Crippen LogP contribution < -0.4 is 11.5 Å². The summed E-state index contributed by atoms with van der Waals surface area (Å²) in [6, 6.07) is 10.5. The van der Waals surface area contributed by atoms with Gasteiger partial charge < -0.3 is 31.6 Å². The molecule has 3 saturated heterocycles. The van der Waals surface area contributed by atoms with Crippen molar-refractivity contribution in [1.29, 1.82) is 5.41 Å². The van der Waals surface area contributed by atoms with Gasteiger partial charge in [-0.1, -0.05) is 57.4 Å². The molecule has 300 valence electrons. The Hall–Kier alpha value is -4.20. The number of nitrogens with two attached hydrogens (primary N) is 2. The van der Waals surface area contributed by atoms with Gasteiger partial charge >= 0.3 is 0 Å². The van der Waals surface area contributed by atoms with E-state index in [2.05, 4.69) is 9.80 Å². The van der Waals surface area contributed by atoms with Crippen LogP contribution in [0.4, 0.5) is 4.39 Å². The molecule has 1 unspecified atom stereocenters. The van der Waals surface area contributed by atoms with Crippen molar-refractivity contribution in [3.8, 4) is 0 Å². The summed E-state index contributed by atoms with van der Waals surface area (Å²) in [6.45, 7) is 11.7. The van der Waals surface area contributed by atoms with Crippen molar-refractivity contribution in [3.05, 3.63) is 70.5 Å². The Morgan fingerprint density at radius 3 is 1.98 bits per heavy atom. The van der Waals surface area contributed by atoms with Gasteiger partial charge in [0.25, 0.3) is 5.91 Å². The lowest BCUT2D eigenvalue weighted by molar-refractivity contribution is -0.136. The quantitative estimate of drug-likeness (QED) is 0.295. The van der Waals surface area contributed by atoms with E-state index in [0.717, 1.165) is 71.5 Å². The molecular formula is C42H61FN8O4. The minimum Gasteiger partial charge on any atom is -0.366 e. The van der Waals surface area contributed by atoms with Crippen LogP contribution >= 0.6 is 0 Å². The fourth-order valence-electron chi connectivity index (χ4n) is 8.48. The van der Waals surface area contributed by atoms with E-state index in [1.165, 1.54) is 37.5 Å². The Kier molecular flexibility index (Phi) is 15.3. The maximum absolute atomic E-state index is 14.9. The van der Waals surface area contributed by atoms with Crippen molar-refractivity contribution in [2.75, 3.05) is 78.5 Å². The minimum atomic E-state index is -0.642. The highest BCUT2D eigenvalue weighted by Crippen LogP contribution is 2.27. The molecule has 2 aromatic carbocycles. The van der Waals surface area contributed by atoms with Crippen molar-refractivity contribution < 1.29 is 23.6 Å². The summed E-state index contributed by atoms with van der Waals surface area (Å²) < 4.78 is 14.9. The second-order valence-electron chi connectivity index (χ2n) is 15.3. The van der Waals surface area contributed by atoms with Gasteiger partial charge in [0.05, 0.1) is 18.2 Å². The predicted molar refractivity (Wildman–Crippen MR) is 212 cm³/mol. The van der Waals surface area contributed by atoms with Crippen LogP contribution in [0.1, 0.15) is 90.6 Å². The number of amides is 4. The molecule has 1 atom stereocenters. The molecule has 55 heavy (non-hydrogen) atoms. The first-order valence-corrected chi connectivity index (χ1v) is 20.4. The van der Waals surface area contributed by atoms with Crippen molar-refractivity contribution in [2.45, 2.75) is 71.3 Å². The summed E-state index contributed by atoms with van der Waals surface area (Å²) in [4.78, 5) is 61.6. The molecule has 3 aliphatic heterocycles. The number of carbonyl (C=O) groups excluding carboxylic acids is 4. The third-order valence-electron chi connectivity index (χ3n) is 11.8. The van der Waals surface area contributed by atoms with Gasteiger partial charge in [0, 0.05) is 82.2 Å². The molecule has 3 heterocycles. The molecule has 1 aliphatic carbocycles. The lowest BCUT2D eigenvalue weighted by atomic mass is 9.83. The number of hydrogen-bond donors (Lipinski definition) is 3. The van der Waals surface area contributed by atoms with Gasteiger partial charge in [0.2, 0.25) is 17.7 Å². The van der Waals surface area contributed by atoms with Gasteiger partial charge in [-0.05, 0) is 74.4 Å². The Labute approximate surface area is 325 Å². The van der Waals surface area contributed by atoms with Crippen LogP contribution in [0.5, 0.6) is 0 Å². The SMILES string of the molecule is CC.N=C(Cc1ccc(F)c(C(=O)N2CCN(C(=O)CN3CCC(CN4CCN(C(=O)C(N)C5CCCCC5)CC4)CC3)CC2)c1)c1ccccc1C(N)=O. The van der Waals surface area contributed by atoms with Crippen molar-refractivity contribution in [3.63, 3.8) is 0 Å². The van der Waals surface area contributed by atoms with Crippen molar-refractivity contribution in [1.82, 2.24) is 24.5 Å². The zero-order valence-electron chi connectivity index (χ0n) is 32.8. The lowest BCUT2D eigenvalue weighted by Crippen LogP contribution is -2.56. The Balaban J connectivity index is 0.00000285. The van der Waals surface area contributed by atoms with E-state index >= 15 is 0 Å². The number of nitrogens with one attached hydrogen (secondary N) is 1. The average Bonchev–Trinajstić information content (AvgIpc) is 3.22. The van der Waals surface area contributed by atoms with E-state index in [1.807, 2.05) is 18.7 Å². The van der Waals surface area contributed by atoms with E-state index in [1.54, 1.807) is 34.1 Å². The van der Waals surface area contributed by atoms with Crippen LogP contribution in [-0.2, 0) is 16.0 Å². The number of hydrogen-bond acceptors (Lipinski definition) is 8. The fourth-order valence-corrected chi connectivity index (χ4v) is 8.48. The number of halogens is 1. The zero-order chi connectivity index (χ0) is 39.5. The maximum Gasteiger partial charge on any atom is 0.256 e. The summed E-state index contributed by atoms with van der Waals surface area (Å²) >= 11 is 0. The molecule has 12 nitrogen and oxygen atoms in total. The molecular weight excluding hydrogens is 700 g/mol. The Morgan fingerprint density at radius 1 is 0.745 bits per heavy atom. The first-order chi connectivity index (χ1) is 26.6. The highest BCUT2D eigenvalue weighted by Gasteiger charge is 2.33. The van der Waals surface area contributed by atoms with Crippen molar-refractivity contribution >= 4 is 29.3 Å². The van der Waals surface area contributed by atoms with Crippen LogP contribution in [0.2, 0.25) is 0 Å². The molecule has 5 N–H and O–H groups in total. The molecule has 4 fully saturated rings. The number of rotatable bonds is 11. The molecule has 0 aromatic heterocycles. The molecule has 0 radical (unpaired) electrons. The average molecular weight is 761 g/mol.